The molecule has 1 fully saturated rings. The van der Waals surface area contributed by atoms with Gasteiger partial charge in [0.15, 0.2) is 11.5 Å². The van der Waals surface area contributed by atoms with Gasteiger partial charge in [-0.15, -0.1) is 0 Å². The maximum Gasteiger partial charge on any atom is 0.407 e. The van der Waals surface area contributed by atoms with Gasteiger partial charge in [0.2, 0.25) is 5.91 Å². The summed E-state index contributed by atoms with van der Waals surface area (Å²) >= 11 is 0. The number of hydrogen-bond acceptors (Lipinski definition) is 5. The zero-order chi connectivity index (χ0) is 22.3. The van der Waals surface area contributed by atoms with Crippen molar-refractivity contribution in [1.29, 1.82) is 0 Å². The minimum absolute atomic E-state index is 0.0949. The Morgan fingerprint density at radius 3 is 2.63 bits per heavy atom. The zero-order valence-corrected chi connectivity index (χ0v) is 18.0. The van der Waals surface area contributed by atoms with Gasteiger partial charge < -0.3 is 29.7 Å². The number of hydrogen-bond donors (Lipinski definition) is 2. The van der Waals surface area contributed by atoms with Crippen LogP contribution in [0.5, 0.6) is 11.5 Å². The SMILES string of the molecule is COc1ccc(C(=O)N(C(C)C)[C@@H]2CCCN(C(=O)O)C2)cc1OCCNC(C)=O. The summed E-state index contributed by atoms with van der Waals surface area (Å²) in [6, 6.07) is 4.69. The maximum atomic E-state index is 13.3. The third kappa shape index (κ3) is 6.01. The highest BCUT2D eigenvalue weighted by atomic mass is 16.5. The zero-order valence-electron chi connectivity index (χ0n) is 18.0. The molecule has 1 atom stereocenters. The van der Waals surface area contributed by atoms with Crippen LogP contribution in [0.25, 0.3) is 0 Å². The fraction of sp³-hybridized carbons (Fsp3) is 0.571. The van der Waals surface area contributed by atoms with Crippen molar-refractivity contribution in [3.8, 4) is 11.5 Å². The molecule has 2 rings (SSSR count). The number of piperidine rings is 1. The van der Waals surface area contributed by atoms with Gasteiger partial charge in [-0.05, 0) is 44.9 Å². The lowest BCUT2D eigenvalue weighted by atomic mass is 10.0. The highest BCUT2D eigenvalue weighted by Gasteiger charge is 2.32. The summed E-state index contributed by atoms with van der Waals surface area (Å²) < 4.78 is 11.0. The van der Waals surface area contributed by atoms with Crippen LogP contribution in [0, 0.1) is 0 Å². The number of carbonyl (C=O) groups excluding carboxylic acids is 2. The van der Waals surface area contributed by atoms with Crippen LogP contribution in [0.2, 0.25) is 0 Å². The van der Waals surface area contributed by atoms with Crippen LogP contribution < -0.4 is 14.8 Å². The summed E-state index contributed by atoms with van der Waals surface area (Å²) in [5.41, 5.74) is 0.437. The number of amides is 3. The Morgan fingerprint density at radius 1 is 1.30 bits per heavy atom. The summed E-state index contributed by atoms with van der Waals surface area (Å²) in [7, 11) is 1.51. The van der Waals surface area contributed by atoms with Gasteiger partial charge in [0, 0.05) is 31.6 Å². The molecule has 30 heavy (non-hydrogen) atoms. The largest absolute Gasteiger partial charge is 0.493 e. The molecule has 0 bridgehead atoms. The molecule has 3 amide bonds. The Balaban J connectivity index is 2.20. The number of methoxy groups -OCH3 is 1. The molecule has 9 nitrogen and oxygen atoms in total. The molecule has 0 saturated carbocycles. The highest BCUT2D eigenvalue weighted by molar-refractivity contribution is 5.95. The van der Waals surface area contributed by atoms with E-state index >= 15 is 0 Å². The lowest BCUT2D eigenvalue weighted by Gasteiger charge is -2.40. The van der Waals surface area contributed by atoms with Gasteiger partial charge in [0.1, 0.15) is 6.61 Å². The van der Waals surface area contributed by atoms with Crippen LogP contribution in [0.3, 0.4) is 0 Å². The number of ether oxygens (including phenoxy) is 2. The fourth-order valence-corrected chi connectivity index (χ4v) is 3.64. The second-order valence-electron chi connectivity index (χ2n) is 7.53. The predicted molar refractivity (Wildman–Crippen MR) is 111 cm³/mol. The summed E-state index contributed by atoms with van der Waals surface area (Å²) in [5, 5.41) is 12.0. The lowest BCUT2D eigenvalue weighted by molar-refractivity contribution is -0.119. The predicted octanol–water partition coefficient (Wildman–Crippen LogP) is 2.20. The van der Waals surface area contributed by atoms with E-state index in [1.165, 1.54) is 18.9 Å². The molecule has 1 aliphatic rings. The van der Waals surface area contributed by atoms with Gasteiger partial charge in [-0.3, -0.25) is 9.59 Å². The molecule has 0 unspecified atom stereocenters. The van der Waals surface area contributed by atoms with Crippen molar-refractivity contribution in [3.63, 3.8) is 0 Å². The average molecular weight is 421 g/mol. The number of nitrogens with zero attached hydrogens (tertiary/aromatic N) is 2. The van der Waals surface area contributed by atoms with Crippen molar-refractivity contribution in [1.82, 2.24) is 15.1 Å². The molecule has 1 aliphatic heterocycles. The molecule has 0 aromatic heterocycles. The van der Waals surface area contributed by atoms with E-state index in [-0.39, 0.29) is 30.5 Å². The molecular formula is C21H31N3O6. The van der Waals surface area contributed by atoms with Crippen LogP contribution in [-0.4, -0.2) is 78.2 Å². The number of carbonyl (C=O) groups is 3. The molecule has 1 heterocycles. The number of benzene rings is 1. The molecule has 0 aliphatic carbocycles. The van der Waals surface area contributed by atoms with Crippen LogP contribution in [0.4, 0.5) is 4.79 Å². The highest BCUT2D eigenvalue weighted by Crippen LogP contribution is 2.30. The topological polar surface area (TPSA) is 108 Å². The van der Waals surface area contributed by atoms with E-state index < -0.39 is 6.09 Å². The van der Waals surface area contributed by atoms with Crippen molar-refractivity contribution in [2.24, 2.45) is 0 Å². The molecule has 1 aromatic rings. The van der Waals surface area contributed by atoms with Crippen molar-refractivity contribution in [3.05, 3.63) is 23.8 Å². The minimum atomic E-state index is -0.963. The lowest BCUT2D eigenvalue weighted by Crippen LogP contribution is -2.53. The Bertz CT molecular complexity index is 767. The van der Waals surface area contributed by atoms with Crippen LogP contribution >= 0.6 is 0 Å². The number of likely N-dealkylation sites (tertiary alicyclic amines) is 1. The second kappa shape index (κ2) is 10.7. The average Bonchev–Trinajstić information content (AvgIpc) is 2.70. The van der Waals surface area contributed by atoms with E-state index in [0.29, 0.717) is 43.1 Å². The molecule has 166 valence electrons. The first-order valence-electron chi connectivity index (χ1n) is 10.1. The third-order valence-corrected chi connectivity index (χ3v) is 5.00. The summed E-state index contributed by atoms with van der Waals surface area (Å²) in [5.74, 6) is 0.565. The van der Waals surface area contributed by atoms with Gasteiger partial charge in [-0.2, -0.15) is 0 Å². The molecule has 0 spiro atoms. The Labute approximate surface area is 176 Å². The third-order valence-electron chi connectivity index (χ3n) is 5.00. The van der Waals surface area contributed by atoms with E-state index in [9.17, 15) is 19.5 Å². The van der Waals surface area contributed by atoms with Gasteiger partial charge in [0.05, 0.1) is 19.7 Å². The van der Waals surface area contributed by atoms with Crippen LogP contribution in [0.15, 0.2) is 18.2 Å². The number of rotatable bonds is 8. The molecule has 0 radical (unpaired) electrons. The first-order valence-corrected chi connectivity index (χ1v) is 10.1. The van der Waals surface area contributed by atoms with Gasteiger partial charge >= 0.3 is 6.09 Å². The van der Waals surface area contributed by atoms with Crippen LogP contribution in [0.1, 0.15) is 44.0 Å². The molecule has 1 aromatic carbocycles. The summed E-state index contributed by atoms with van der Waals surface area (Å²) in [6.07, 6.45) is 0.507. The first kappa shape index (κ1) is 23.3. The van der Waals surface area contributed by atoms with Crippen molar-refractivity contribution in [2.75, 3.05) is 33.4 Å². The van der Waals surface area contributed by atoms with E-state index in [2.05, 4.69) is 5.32 Å². The van der Waals surface area contributed by atoms with Gasteiger partial charge in [-0.25, -0.2) is 4.79 Å². The number of carboxylic acid groups (broad SMARTS) is 1. The number of nitrogens with one attached hydrogen (secondary N) is 1. The monoisotopic (exact) mass is 421 g/mol. The van der Waals surface area contributed by atoms with E-state index in [4.69, 9.17) is 9.47 Å². The Hall–Kier alpha value is -2.97. The fourth-order valence-electron chi connectivity index (χ4n) is 3.64. The van der Waals surface area contributed by atoms with Crippen molar-refractivity contribution < 1.29 is 29.0 Å². The van der Waals surface area contributed by atoms with E-state index in [1.54, 1.807) is 23.1 Å². The van der Waals surface area contributed by atoms with Crippen molar-refractivity contribution in [2.45, 2.75) is 45.7 Å². The Kier molecular flexibility index (Phi) is 8.32. The summed E-state index contributed by atoms with van der Waals surface area (Å²) in [6.45, 7) is 6.63. The molecule has 2 N–H and O–H groups in total. The quantitative estimate of drug-likeness (QED) is 0.623. The normalized spacial score (nSPS) is 16.2. The standard InChI is InChI=1S/C21H31N3O6/c1-14(2)24(17-6-5-10-23(13-17)21(27)28)20(26)16-7-8-18(29-4)19(12-16)30-11-9-22-15(3)25/h7-8,12,14,17H,5-6,9-11,13H2,1-4H3,(H,22,25)(H,27,28)/t17-/m1/s1. The molecule has 9 heteroatoms. The van der Waals surface area contributed by atoms with E-state index in [0.717, 1.165) is 6.42 Å². The minimum Gasteiger partial charge on any atom is -0.493 e. The maximum absolute atomic E-state index is 13.3. The molecular weight excluding hydrogens is 390 g/mol. The van der Waals surface area contributed by atoms with Crippen LogP contribution in [-0.2, 0) is 4.79 Å². The summed E-state index contributed by atoms with van der Waals surface area (Å²) in [4.78, 5) is 38.8. The van der Waals surface area contributed by atoms with Crippen molar-refractivity contribution >= 4 is 17.9 Å². The van der Waals surface area contributed by atoms with E-state index in [1.807, 2.05) is 13.8 Å². The first-order chi connectivity index (χ1) is 14.2. The van der Waals surface area contributed by atoms with Gasteiger partial charge in [0.25, 0.3) is 5.91 Å². The molecule has 1 saturated heterocycles. The second-order valence-corrected chi connectivity index (χ2v) is 7.53. The van der Waals surface area contributed by atoms with Gasteiger partial charge in [-0.1, -0.05) is 0 Å². The smallest absolute Gasteiger partial charge is 0.407 e. The Morgan fingerprint density at radius 2 is 2.03 bits per heavy atom.